The molecule has 1 aromatic heterocycles. The Morgan fingerprint density at radius 1 is 1.06 bits per heavy atom. The molecule has 4 fully saturated rings. The van der Waals surface area contributed by atoms with Gasteiger partial charge in [-0.3, -0.25) is 9.59 Å². The highest BCUT2D eigenvalue weighted by atomic mass is 16.4. The van der Waals surface area contributed by atoms with Crippen LogP contribution in [0.15, 0.2) is 33.5 Å². The molecule has 164 valence electrons. The van der Waals surface area contributed by atoms with Gasteiger partial charge < -0.3 is 15.1 Å². The lowest BCUT2D eigenvalue weighted by Crippen LogP contribution is -2.53. The predicted molar refractivity (Wildman–Crippen MR) is 119 cm³/mol. The molecule has 1 aromatic carbocycles. The van der Waals surface area contributed by atoms with Crippen LogP contribution in [0.3, 0.4) is 0 Å². The monoisotopic (exact) mass is 422 g/mol. The molecule has 0 aliphatic heterocycles. The second-order valence-electron chi connectivity index (χ2n) is 10.1. The van der Waals surface area contributed by atoms with Crippen molar-refractivity contribution in [1.82, 2.24) is 5.32 Å². The van der Waals surface area contributed by atoms with Gasteiger partial charge in [-0.15, -0.1) is 0 Å². The number of carbonyl (C=O) groups excluding carboxylic acids is 2. The molecular weight excluding hydrogens is 392 g/mol. The van der Waals surface area contributed by atoms with Gasteiger partial charge in [0, 0.05) is 41.6 Å². The third-order valence-electron chi connectivity index (χ3n) is 7.62. The van der Waals surface area contributed by atoms with Crippen molar-refractivity contribution in [3.63, 3.8) is 0 Å². The van der Waals surface area contributed by atoms with Crippen LogP contribution >= 0.6 is 0 Å². The smallest absolute Gasteiger partial charge is 0.336 e. The molecule has 6 nitrogen and oxygen atoms in total. The zero-order chi connectivity index (χ0) is 21.6. The molecule has 0 spiro atoms. The zero-order valence-corrected chi connectivity index (χ0v) is 18.0. The van der Waals surface area contributed by atoms with Crippen molar-refractivity contribution in [2.75, 3.05) is 11.9 Å². The highest BCUT2D eigenvalue weighted by Gasteiger charge is 2.54. The molecule has 4 saturated carbocycles. The molecule has 2 N–H and O–H groups in total. The Balaban J connectivity index is 1.11. The van der Waals surface area contributed by atoms with Gasteiger partial charge in [0.25, 0.3) is 0 Å². The molecular formula is C25H30N2O4. The standard InChI is InChI=1S/C25H30N2O4/c1-15-7-23(29)31-21-11-19(4-5-20(15)21)27-22(28)3-2-6-26-24(30)25-12-16-8-17(13-25)10-18(9-16)14-25/h4-5,7,11,16-18H,2-3,6,8-10,12-14H2,1H3,(H,26,30)(H,27,28). The molecule has 1 heterocycles. The van der Waals surface area contributed by atoms with Crippen molar-refractivity contribution in [3.8, 4) is 0 Å². The topological polar surface area (TPSA) is 88.4 Å². The fraction of sp³-hybridized carbons (Fsp3) is 0.560. The summed E-state index contributed by atoms with van der Waals surface area (Å²) >= 11 is 0. The van der Waals surface area contributed by atoms with E-state index in [9.17, 15) is 14.4 Å². The fourth-order valence-electron chi connectivity index (χ4n) is 6.65. The molecule has 0 unspecified atom stereocenters. The summed E-state index contributed by atoms with van der Waals surface area (Å²) in [6.45, 7) is 2.38. The van der Waals surface area contributed by atoms with Crippen molar-refractivity contribution in [2.45, 2.75) is 58.3 Å². The number of benzene rings is 1. The van der Waals surface area contributed by atoms with Crippen molar-refractivity contribution < 1.29 is 14.0 Å². The average molecular weight is 423 g/mol. The summed E-state index contributed by atoms with van der Waals surface area (Å²) < 4.78 is 5.24. The summed E-state index contributed by atoms with van der Waals surface area (Å²) in [4.78, 5) is 36.9. The summed E-state index contributed by atoms with van der Waals surface area (Å²) in [5.74, 6) is 2.35. The first-order chi connectivity index (χ1) is 14.9. The van der Waals surface area contributed by atoms with Gasteiger partial charge in [-0.05, 0) is 87.3 Å². The van der Waals surface area contributed by atoms with E-state index in [-0.39, 0.29) is 17.2 Å². The Hall–Kier alpha value is -2.63. The first kappa shape index (κ1) is 20.3. The lowest BCUT2D eigenvalue weighted by atomic mass is 9.49. The predicted octanol–water partition coefficient (Wildman–Crippen LogP) is 4.15. The number of fused-ring (bicyclic) bond motifs is 1. The highest BCUT2D eigenvalue weighted by molar-refractivity contribution is 5.93. The van der Waals surface area contributed by atoms with Gasteiger partial charge in [0.1, 0.15) is 5.58 Å². The number of nitrogens with one attached hydrogen (secondary N) is 2. The van der Waals surface area contributed by atoms with Crippen molar-refractivity contribution in [2.24, 2.45) is 23.2 Å². The Morgan fingerprint density at radius 2 is 1.74 bits per heavy atom. The minimum Gasteiger partial charge on any atom is -0.423 e. The Morgan fingerprint density at radius 3 is 2.42 bits per heavy atom. The summed E-state index contributed by atoms with van der Waals surface area (Å²) in [5.41, 5.74) is 1.38. The van der Waals surface area contributed by atoms with Crippen molar-refractivity contribution >= 4 is 28.5 Å². The van der Waals surface area contributed by atoms with E-state index in [1.807, 2.05) is 19.1 Å². The van der Waals surface area contributed by atoms with Crippen molar-refractivity contribution in [1.29, 1.82) is 0 Å². The quantitative estimate of drug-likeness (QED) is 0.541. The van der Waals surface area contributed by atoms with Crippen LogP contribution < -0.4 is 16.3 Å². The number of carbonyl (C=O) groups is 2. The minimum absolute atomic E-state index is 0.113. The number of hydrogen-bond donors (Lipinski definition) is 2. The first-order valence-corrected chi connectivity index (χ1v) is 11.5. The normalized spacial score (nSPS) is 28.6. The molecule has 4 aliphatic rings. The maximum absolute atomic E-state index is 13.0. The van der Waals surface area contributed by atoms with Gasteiger partial charge >= 0.3 is 5.63 Å². The van der Waals surface area contributed by atoms with Crippen LogP contribution in [0.1, 0.15) is 56.9 Å². The van der Waals surface area contributed by atoms with Gasteiger partial charge in [0.2, 0.25) is 11.8 Å². The van der Waals surface area contributed by atoms with Crippen LogP contribution in [-0.4, -0.2) is 18.4 Å². The number of hydrogen-bond acceptors (Lipinski definition) is 4. The Bertz CT molecular complexity index is 1050. The maximum Gasteiger partial charge on any atom is 0.336 e. The number of amides is 2. The minimum atomic E-state index is -0.400. The van der Waals surface area contributed by atoms with E-state index in [1.54, 1.807) is 6.07 Å². The van der Waals surface area contributed by atoms with Crippen molar-refractivity contribution in [3.05, 3.63) is 40.2 Å². The van der Waals surface area contributed by atoms with Gasteiger partial charge in [0.15, 0.2) is 0 Å². The molecule has 2 amide bonds. The second-order valence-corrected chi connectivity index (χ2v) is 10.1. The van der Waals surface area contributed by atoms with Crippen LogP contribution in [0.4, 0.5) is 5.69 Å². The Kier molecular flexibility index (Phi) is 5.11. The van der Waals surface area contributed by atoms with E-state index >= 15 is 0 Å². The third kappa shape index (κ3) is 4.00. The molecule has 0 atom stereocenters. The van der Waals surface area contributed by atoms with Crippen LogP contribution in [0, 0.1) is 30.1 Å². The van der Waals surface area contributed by atoms with E-state index < -0.39 is 5.63 Å². The highest BCUT2D eigenvalue weighted by Crippen LogP contribution is 2.60. The van der Waals surface area contributed by atoms with Crippen LogP contribution in [0.5, 0.6) is 0 Å². The molecule has 0 radical (unpaired) electrons. The summed E-state index contributed by atoms with van der Waals surface area (Å²) in [6, 6.07) is 6.78. The zero-order valence-electron chi connectivity index (χ0n) is 18.0. The third-order valence-corrected chi connectivity index (χ3v) is 7.62. The molecule has 31 heavy (non-hydrogen) atoms. The van der Waals surface area contributed by atoms with Gasteiger partial charge in [0.05, 0.1) is 0 Å². The van der Waals surface area contributed by atoms with Gasteiger partial charge in [-0.2, -0.15) is 0 Å². The van der Waals surface area contributed by atoms with Gasteiger partial charge in [-0.25, -0.2) is 4.79 Å². The number of rotatable bonds is 6. The summed E-state index contributed by atoms with van der Waals surface area (Å²) in [6.07, 6.45) is 8.08. The lowest BCUT2D eigenvalue weighted by Gasteiger charge is -2.55. The van der Waals surface area contributed by atoms with Crippen LogP contribution in [-0.2, 0) is 9.59 Å². The van der Waals surface area contributed by atoms with E-state index in [4.69, 9.17) is 4.42 Å². The Labute approximate surface area is 181 Å². The average Bonchev–Trinajstić information content (AvgIpc) is 2.69. The van der Waals surface area contributed by atoms with Crippen LogP contribution in [0.2, 0.25) is 0 Å². The molecule has 6 heteroatoms. The molecule has 2 aromatic rings. The van der Waals surface area contributed by atoms with E-state index in [0.29, 0.717) is 30.7 Å². The lowest BCUT2D eigenvalue weighted by molar-refractivity contribution is -0.146. The van der Waals surface area contributed by atoms with Gasteiger partial charge in [-0.1, -0.05) is 0 Å². The van der Waals surface area contributed by atoms with E-state index in [2.05, 4.69) is 10.6 Å². The summed E-state index contributed by atoms with van der Waals surface area (Å²) in [7, 11) is 0. The van der Waals surface area contributed by atoms with E-state index in [1.165, 1.54) is 25.3 Å². The number of aryl methyl sites for hydroxylation is 1. The second kappa shape index (κ2) is 7.81. The van der Waals surface area contributed by atoms with Crippen LogP contribution in [0.25, 0.3) is 11.0 Å². The molecule has 0 saturated heterocycles. The van der Waals surface area contributed by atoms with E-state index in [0.717, 1.165) is 48.0 Å². The SMILES string of the molecule is Cc1cc(=O)oc2cc(NC(=O)CCCNC(=O)C34CC5CC(CC(C5)C3)C4)ccc12. The number of anilines is 1. The molecule has 4 bridgehead atoms. The molecule has 4 aliphatic carbocycles. The maximum atomic E-state index is 13.0. The largest absolute Gasteiger partial charge is 0.423 e. The first-order valence-electron chi connectivity index (χ1n) is 11.5. The fourth-order valence-corrected chi connectivity index (χ4v) is 6.65. The molecule has 6 rings (SSSR count). The summed E-state index contributed by atoms with van der Waals surface area (Å²) in [5, 5.41) is 6.83.